The van der Waals surface area contributed by atoms with E-state index in [2.05, 4.69) is 174 Å². The van der Waals surface area contributed by atoms with Gasteiger partial charge < -0.3 is 0 Å². The van der Waals surface area contributed by atoms with Gasteiger partial charge in [0.2, 0.25) is 0 Å². The molecule has 2 aliphatic carbocycles. The fraction of sp³-hybridized carbons (Fsp3) is 0.167. The molecule has 0 aliphatic heterocycles. The zero-order chi connectivity index (χ0) is 33.9. The summed E-state index contributed by atoms with van der Waals surface area (Å²) in [5.41, 5.74) is 21.9. The standard InChI is InChI=1S/C48H44Si/c1-31-23-25-41(33(3)47(31)35-15-9-7-10-16-35)43-21-13-19-37-27-39(29-45(37)43)49(5,6)40-28-38-20-14-22-44(46(38)30-40)42-26-24-32(2)48(34(42)4)36-17-11-8-12-18-36/h7-26,29-30H,27-28H2,1-6H3. The Kier molecular flexibility index (Phi) is 7.77. The minimum atomic E-state index is -1.93. The summed E-state index contributed by atoms with van der Waals surface area (Å²) < 4.78 is 0. The first kappa shape index (κ1) is 31.3. The van der Waals surface area contributed by atoms with Crippen LogP contribution in [0.4, 0.5) is 0 Å². The van der Waals surface area contributed by atoms with E-state index in [0.717, 1.165) is 12.8 Å². The van der Waals surface area contributed by atoms with Gasteiger partial charge in [-0.3, -0.25) is 0 Å². The molecule has 240 valence electrons. The molecule has 6 aromatic carbocycles. The molecule has 0 amide bonds. The van der Waals surface area contributed by atoms with Crippen molar-refractivity contribution in [3.05, 3.63) is 176 Å². The van der Waals surface area contributed by atoms with E-state index in [1.807, 2.05) is 0 Å². The average Bonchev–Trinajstić information content (AvgIpc) is 3.76. The van der Waals surface area contributed by atoms with Crippen LogP contribution in [0, 0.1) is 27.7 Å². The van der Waals surface area contributed by atoms with Gasteiger partial charge in [0.05, 0.1) is 0 Å². The highest BCUT2D eigenvalue weighted by atomic mass is 28.3. The first-order valence-corrected chi connectivity index (χ1v) is 20.7. The van der Waals surface area contributed by atoms with E-state index in [4.69, 9.17) is 0 Å². The van der Waals surface area contributed by atoms with Crippen LogP contribution in [0.3, 0.4) is 0 Å². The molecule has 0 fully saturated rings. The molecule has 8 rings (SSSR count). The normalized spacial score (nSPS) is 13.6. The Balaban J connectivity index is 1.17. The second kappa shape index (κ2) is 12.2. The molecule has 0 saturated carbocycles. The maximum atomic E-state index is 2.58. The Morgan fingerprint density at radius 1 is 0.408 bits per heavy atom. The third-order valence-corrected chi connectivity index (χ3v) is 15.3. The number of hydrogen-bond donors (Lipinski definition) is 0. The largest absolute Gasteiger partial charge is 0.103 e. The van der Waals surface area contributed by atoms with Crippen LogP contribution >= 0.6 is 0 Å². The monoisotopic (exact) mass is 648 g/mol. The summed E-state index contributed by atoms with van der Waals surface area (Å²) in [5.74, 6) is 0. The molecule has 0 saturated heterocycles. The molecule has 0 bridgehead atoms. The van der Waals surface area contributed by atoms with Gasteiger partial charge in [-0.1, -0.05) is 157 Å². The molecule has 0 unspecified atom stereocenters. The van der Waals surface area contributed by atoms with E-state index < -0.39 is 8.07 Å². The van der Waals surface area contributed by atoms with Crippen molar-refractivity contribution in [3.8, 4) is 44.5 Å². The van der Waals surface area contributed by atoms with Gasteiger partial charge in [0.1, 0.15) is 8.07 Å². The number of hydrogen-bond acceptors (Lipinski definition) is 0. The fourth-order valence-corrected chi connectivity index (χ4v) is 11.3. The third kappa shape index (κ3) is 5.29. The molecule has 0 N–H and O–H groups in total. The molecule has 0 nitrogen and oxygen atoms in total. The van der Waals surface area contributed by atoms with Gasteiger partial charge in [0.25, 0.3) is 0 Å². The maximum Gasteiger partial charge on any atom is 0.103 e. The highest BCUT2D eigenvalue weighted by Gasteiger charge is 2.36. The summed E-state index contributed by atoms with van der Waals surface area (Å²) in [4.78, 5) is 0. The summed E-state index contributed by atoms with van der Waals surface area (Å²) in [5, 5.41) is 3.28. The third-order valence-electron chi connectivity index (χ3n) is 11.4. The second-order valence-corrected chi connectivity index (χ2v) is 19.2. The Hall–Kier alpha value is -4.98. The van der Waals surface area contributed by atoms with Crippen molar-refractivity contribution < 1.29 is 0 Å². The highest BCUT2D eigenvalue weighted by Crippen LogP contribution is 2.46. The molecule has 0 radical (unpaired) electrons. The summed E-state index contributed by atoms with van der Waals surface area (Å²) in [6.07, 6.45) is 7.27. The van der Waals surface area contributed by atoms with Crippen molar-refractivity contribution in [2.45, 2.75) is 53.6 Å². The average molecular weight is 649 g/mol. The fourth-order valence-electron chi connectivity index (χ4n) is 8.59. The number of fused-ring (bicyclic) bond motifs is 2. The highest BCUT2D eigenvalue weighted by molar-refractivity contribution is 6.92. The zero-order valence-electron chi connectivity index (χ0n) is 29.6. The Morgan fingerprint density at radius 3 is 1.22 bits per heavy atom. The van der Waals surface area contributed by atoms with Crippen molar-refractivity contribution in [2.24, 2.45) is 0 Å². The molecule has 2 aliphatic rings. The topological polar surface area (TPSA) is 0 Å². The van der Waals surface area contributed by atoms with Gasteiger partial charge in [-0.2, -0.15) is 0 Å². The van der Waals surface area contributed by atoms with Gasteiger partial charge in [0.15, 0.2) is 0 Å². The number of allylic oxidation sites excluding steroid dienone is 2. The molecular formula is C48H44Si. The SMILES string of the molecule is Cc1ccc(-c2cccc3c2C=C([Si](C)(C)C2=Cc4c(cccc4-c4ccc(C)c(-c5ccccc5)c4C)C2)C3)c(C)c1-c1ccccc1. The lowest BCUT2D eigenvalue weighted by molar-refractivity contribution is 1.22. The first-order valence-electron chi connectivity index (χ1n) is 17.7. The lowest BCUT2D eigenvalue weighted by atomic mass is 9.87. The predicted molar refractivity (Wildman–Crippen MR) is 214 cm³/mol. The number of aryl methyl sites for hydroxylation is 2. The smallest absolute Gasteiger partial charge is 0.0714 e. The van der Waals surface area contributed by atoms with Gasteiger partial charge in [-0.15, -0.1) is 0 Å². The van der Waals surface area contributed by atoms with E-state index in [0.29, 0.717) is 0 Å². The van der Waals surface area contributed by atoms with Crippen molar-refractivity contribution in [1.29, 1.82) is 0 Å². The van der Waals surface area contributed by atoms with Crippen molar-refractivity contribution >= 4 is 20.2 Å². The molecule has 0 atom stereocenters. The molecule has 0 spiro atoms. The van der Waals surface area contributed by atoms with E-state index in [1.165, 1.54) is 89.0 Å². The molecule has 6 aromatic rings. The van der Waals surface area contributed by atoms with Crippen molar-refractivity contribution in [2.75, 3.05) is 0 Å². The zero-order valence-corrected chi connectivity index (χ0v) is 30.6. The second-order valence-electron chi connectivity index (χ2n) is 14.7. The van der Waals surface area contributed by atoms with Crippen molar-refractivity contribution in [1.82, 2.24) is 0 Å². The lowest BCUT2D eigenvalue weighted by Gasteiger charge is -2.26. The Bertz CT molecular complexity index is 2150. The van der Waals surface area contributed by atoms with E-state index in [-0.39, 0.29) is 0 Å². The summed E-state index contributed by atoms with van der Waals surface area (Å²) in [6.45, 7) is 14.2. The quantitative estimate of drug-likeness (QED) is 0.158. The number of benzene rings is 6. The van der Waals surface area contributed by atoms with Gasteiger partial charge in [0, 0.05) is 0 Å². The molecular weight excluding hydrogens is 605 g/mol. The summed E-state index contributed by atoms with van der Waals surface area (Å²) in [6, 6.07) is 45.0. The van der Waals surface area contributed by atoms with Gasteiger partial charge in [-0.05, 0) is 130 Å². The maximum absolute atomic E-state index is 2.58. The summed E-state index contributed by atoms with van der Waals surface area (Å²) in [7, 11) is -1.93. The Morgan fingerprint density at radius 2 is 0.816 bits per heavy atom. The van der Waals surface area contributed by atoms with Crippen LogP contribution in [0.15, 0.2) is 132 Å². The van der Waals surface area contributed by atoms with Crippen molar-refractivity contribution in [3.63, 3.8) is 0 Å². The van der Waals surface area contributed by atoms with Crippen LogP contribution in [0.2, 0.25) is 13.1 Å². The van der Waals surface area contributed by atoms with Crippen LogP contribution < -0.4 is 0 Å². The first-order chi connectivity index (χ1) is 23.7. The van der Waals surface area contributed by atoms with Crippen LogP contribution in [0.25, 0.3) is 56.7 Å². The number of rotatable bonds is 6. The van der Waals surface area contributed by atoms with Crippen LogP contribution in [-0.2, 0) is 12.8 Å². The molecule has 0 heterocycles. The van der Waals surface area contributed by atoms with E-state index in [1.54, 1.807) is 10.4 Å². The lowest BCUT2D eigenvalue weighted by Crippen LogP contribution is -2.32. The minimum absolute atomic E-state index is 1.05. The molecule has 0 aromatic heterocycles. The van der Waals surface area contributed by atoms with Gasteiger partial charge in [-0.25, -0.2) is 0 Å². The summed E-state index contributed by atoms with van der Waals surface area (Å²) >= 11 is 0. The van der Waals surface area contributed by atoms with Crippen LogP contribution in [-0.4, -0.2) is 8.07 Å². The van der Waals surface area contributed by atoms with Crippen LogP contribution in [0.1, 0.15) is 44.5 Å². The molecule has 1 heteroatoms. The molecule has 49 heavy (non-hydrogen) atoms. The van der Waals surface area contributed by atoms with Gasteiger partial charge >= 0.3 is 0 Å². The minimum Gasteiger partial charge on any atom is -0.0714 e. The Labute approximate surface area is 293 Å². The van der Waals surface area contributed by atoms with Crippen LogP contribution in [0.5, 0.6) is 0 Å². The van der Waals surface area contributed by atoms with E-state index >= 15 is 0 Å². The predicted octanol–water partition coefficient (Wildman–Crippen LogP) is 13.0. The van der Waals surface area contributed by atoms with E-state index in [9.17, 15) is 0 Å².